The molecular weight excluding hydrogens is 275 g/mol. The van der Waals surface area contributed by atoms with Crippen LogP contribution in [0.15, 0.2) is 30.5 Å². The summed E-state index contributed by atoms with van der Waals surface area (Å²) in [4.78, 5) is 18.5. The topological polar surface area (TPSA) is 75.1 Å². The van der Waals surface area contributed by atoms with E-state index in [-0.39, 0.29) is 0 Å². The largest absolute Gasteiger partial charge is 0.479 e. The first-order valence-electron chi connectivity index (χ1n) is 5.54. The van der Waals surface area contributed by atoms with Gasteiger partial charge in [-0.2, -0.15) is 13.2 Å². The summed E-state index contributed by atoms with van der Waals surface area (Å²) in [5.74, 6) is -2.45. The number of aromatic nitrogens is 2. The van der Waals surface area contributed by atoms with Crippen LogP contribution in [0.2, 0.25) is 0 Å². The van der Waals surface area contributed by atoms with Crippen LogP contribution in [0.5, 0.6) is 0 Å². The van der Waals surface area contributed by atoms with Gasteiger partial charge in [-0.15, -0.1) is 0 Å². The van der Waals surface area contributed by atoms with Crippen LogP contribution in [0.4, 0.5) is 19.1 Å². The molecule has 20 heavy (non-hydrogen) atoms. The summed E-state index contributed by atoms with van der Waals surface area (Å²) in [6.07, 6.45) is -3.67. The summed E-state index contributed by atoms with van der Waals surface area (Å²) in [7, 11) is 0. The zero-order valence-electron chi connectivity index (χ0n) is 10.3. The van der Waals surface area contributed by atoms with E-state index in [0.29, 0.717) is 17.8 Å². The lowest BCUT2D eigenvalue weighted by Crippen LogP contribution is -2.55. The Hall–Kier alpha value is -2.38. The smallest absolute Gasteiger partial charge is 0.422 e. The van der Waals surface area contributed by atoms with Gasteiger partial charge in [-0.3, -0.25) is 0 Å². The van der Waals surface area contributed by atoms with E-state index in [9.17, 15) is 18.0 Å². The molecule has 106 valence electrons. The molecule has 0 radical (unpaired) electrons. The van der Waals surface area contributed by atoms with Gasteiger partial charge in [0.15, 0.2) is 0 Å². The molecule has 0 bridgehead atoms. The first-order valence-corrected chi connectivity index (χ1v) is 5.54. The van der Waals surface area contributed by atoms with Crippen LogP contribution in [0.25, 0.3) is 10.9 Å². The van der Waals surface area contributed by atoms with Crippen molar-refractivity contribution in [3.05, 3.63) is 30.5 Å². The molecule has 0 aliphatic carbocycles. The third kappa shape index (κ3) is 2.36. The number of benzene rings is 1. The van der Waals surface area contributed by atoms with Crippen molar-refractivity contribution in [1.82, 2.24) is 9.97 Å². The molecule has 2 aromatic rings. The number of para-hydroxylation sites is 1. The van der Waals surface area contributed by atoms with Crippen molar-refractivity contribution in [2.24, 2.45) is 0 Å². The summed E-state index contributed by atoms with van der Waals surface area (Å²) in [6, 6.07) is 6.68. The molecule has 0 spiro atoms. The molecule has 0 aliphatic heterocycles. The second-order valence-electron chi connectivity index (χ2n) is 4.31. The highest BCUT2D eigenvalue weighted by Gasteiger charge is 2.58. The van der Waals surface area contributed by atoms with Crippen LogP contribution in [0, 0.1) is 0 Å². The van der Waals surface area contributed by atoms with Crippen molar-refractivity contribution in [2.75, 3.05) is 5.32 Å². The van der Waals surface area contributed by atoms with Crippen molar-refractivity contribution in [3.63, 3.8) is 0 Å². The highest BCUT2D eigenvalue weighted by Crippen LogP contribution is 2.33. The maximum Gasteiger partial charge on any atom is 0.422 e. The van der Waals surface area contributed by atoms with E-state index in [1.807, 2.05) is 5.32 Å². The number of halogens is 3. The SMILES string of the molecule is CC(Nc1ncc2ccccc2n1)(C(=O)O)C(F)(F)F. The van der Waals surface area contributed by atoms with Gasteiger partial charge in [-0.25, -0.2) is 14.8 Å². The van der Waals surface area contributed by atoms with Gasteiger partial charge in [0.1, 0.15) is 0 Å². The summed E-state index contributed by atoms with van der Waals surface area (Å²) >= 11 is 0. The lowest BCUT2D eigenvalue weighted by molar-refractivity contribution is -0.193. The number of nitrogens with zero attached hydrogens (tertiary/aromatic N) is 2. The molecule has 1 heterocycles. The molecule has 1 aromatic carbocycles. The number of hydrogen-bond donors (Lipinski definition) is 2. The minimum absolute atomic E-state index is 0.397. The van der Waals surface area contributed by atoms with Gasteiger partial charge in [-0.1, -0.05) is 18.2 Å². The fourth-order valence-electron chi connectivity index (χ4n) is 1.50. The number of nitrogens with one attached hydrogen (secondary N) is 1. The molecule has 1 unspecified atom stereocenters. The predicted molar refractivity (Wildman–Crippen MR) is 65.3 cm³/mol. The molecule has 2 rings (SSSR count). The maximum absolute atomic E-state index is 12.9. The molecule has 1 atom stereocenters. The quantitative estimate of drug-likeness (QED) is 0.906. The van der Waals surface area contributed by atoms with E-state index in [1.165, 1.54) is 6.20 Å². The molecule has 1 aromatic heterocycles. The Morgan fingerprint density at radius 3 is 2.55 bits per heavy atom. The Kier molecular flexibility index (Phi) is 3.24. The van der Waals surface area contributed by atoms with Crippen LogP contribution in [0.1, 0.15) is 6.92 Å². The minimum atomic E-state index is -4.99. The van der Waals surface area contributed by atoms with Gasteiger partial charge >= 0.3 is 12.1 Å². The second kappa shape index (κ2) is 4.62. The lowest BCUT2D eigenvalue weighted by Gasteiger charge is -2.28. The molecule has 0 saturated heterocycles. The Bertz CT molecular complexity index is 660. The summed E-state index contributed by atoms with van der Waals surface area (Å²) in [5, 5.41) is 11.3. The minimum Gasteiger partial charge on any atom is -0.479 e. The van der Waals surface area contributed by atoms with E-state index in [0.717, 1.165) is 0 Å². The highest BCUT2D eigenvalue weighted by atomic mass is 19.4. The van der Waals surface area contributed by atoms with Crippen LogP contribution < -0.4 is 5.32 Å². The normalized spacial score (nSPS) is 14.8. The van der Waals surface area contributed by atoms with E-state index < -0.39 is 23.6 Å². The van der Waals surface area contributed by atoms with E-state index in [1.54, 1.807) is 24.3 Å². The fraction of sp³-hybridized carbons (Fsp3) is 0.250. The molecule has 8 heteroatoms. The number of hydrogen-bond acceptors (Lipinski definition) is 4. The molecule has 0 amide bonds. The Morgan fingerprint density at radius 1 is 1.30 bits per heavy atom. The van der Waals surface area contributed by atoms with Gasteiger partial charge < -0.3 is 10.4 Å². The first kappa shape index (κ1) is 14.0. The summed E-state index contributed by atoms with van der Waals surface area (Å²) in [6.45, 7) is 0.522. The number of rotatable bonds is 3. The number of carboxylic acid groups (broad SMARTS) is 1. The number of anilines is 1. The average molecular weight is 285 g/mol. The molecule has 2 N–H and O–H groups in total. The van der Waals surface area contributed by atoms with Crippen molar-refractivity contribution >= 4 is 22.8 Å². The molecule has 0 fully saturated rings. The summed E-state index contributed by atoms with van der Waals surface area (Å²) < 4.78 is 38.6. The van der Waals surface area contributed by atoms with E-state index in [2.05, 4.69) is 9.97 Å². The molecule has 0 aliphatic rings. The third-order valence-corrected chi connectivity index (χ3v) is 2.85. The Morgan fingerprint density at radius 2 is 1.95 bits per heavy atom. The van der Waals surface area contributed by atoms with Crippen molar-refractivity contribution in [2.45, 2.75) is 18.6 Å². The van der Waals surface area contributed by atoms with Gasteiger partial charge in [0.2, 0.25) is 11.5 Å². The van der Waals surface area contributed by atoms with Gasteiger partial charge in [0.05, 0.1) is 5.52 Å². The second-order valence-corrected chi connectivity index (χ2v) is 4.31. The van der Waals surface area contributed by atoms with E-state index in [4.69, 9.17) is 5.11 Å². The monoisotopic (exact) mass is 285 g/mol. The van der Waals surface area contributed by atoms with Gasteiger partial charge in [0, 0.05) is 11.6 Å². The molecular formula is C12H10F3N3O2. The number of alkyl halides is 3. The zero-order chi connectivity index (χ0) is 15.0. The zero-order valence-corrected chi connectivity index (χ0v) is 10.3. The third-order valence-electron chi connectivity index (χ3n) is 2.85. The highest BCUT2D eigenvalue weighted by molar-refractivity contribution is 5.84. The summed E-state index contributed by atoms with van der Waals surface area (Å²) in [5.41, 5.74) is -2.74. The van der Waals surface area contributed by atoms with Crippen LogP contribution in [-0.4, -0.2) is 32.8 Å². The molecule has 5 nitrogen and oxygen atoms in total. The van der Waals surface area contributed by atoms with Crippen LogP contribution >= 0.6 is 0 Å². The number of aliphatic carboxylic acids is 1. The predicted octanol–water partition coefficient (Wildman–Crippen LogP) is 2.45. The van der Waals surface area contributed by atoms with Crippen LogP contribution in [-0.2, 0) is 4.79 Å². The van der Waals surface area contributed by atoms with E-state index >= 15 is 0 Å². The first-order chi connectivity index (χ1) is 9.24. The van der Waals surface area contributed by atoms with Crippen molar-refractivity contribution < 1.29 is 23.1 Å². The number of carbonyl (C=O) groups is 1. The average Bonchev–Trinajstić information content (AvgIpc) is 2.37. The fourth-order valence-corrected chi connectivity index (χ4v) is 1.50. The number of carboxylic acids is 1. The lowest BCUT2D eigenvalue weighted by atomic mass is 10.0. The standard InChI is InChI=1S/C12H10F3N3O2/c1-11(9(19)20,12(13,14)15)18-10-16-6-7-4-2-3-5-8(7)17-10/h2-6H,1H3,(H,19,20)(H,16,17,18). The number of fused-ring (bicyclic) bond motifs is 1. The molecule has 0 saturated carbocycles. The van der Waals surface area contributed by atoms with Gasteiger partial charge in [0.25, 0.3) is 0 Å². The van der Waals surface area contributed by atoms with Crippen molar-refractivity contribution in [1.29, 1.82) is 0 Å². The Balaban J connectivity index is 2.41. The van der Waals surface area contributed by atoms with Gasteiger partial charge in [-0.05, 0) is 13.0 Å². The maximum atomic E-state index is 12.9. The Labute approximate surface area is 111 Å². The van der Waals surface area contributed by atoms with Crippen LogP contribution in [0.3, 0.4) is 0 Å². The van der Waals surface area contributed by atoms with Crippen molar-refractivity contribution in [3.8, 4) is 0 Å².